The van der Waals surface area contributed by atoms with Gasteiger partial charge in [-0.05, 0) is 93.7 Å². The van der Waals surface area contributed by atoms with Crippen molar-refractivity contribution < 1.29 is 9.84 Å². The molecule has 7 heteroatoms. The van der Waals surface area contributed by atoms with Crippen molar-refractivity contribution in [3.8, 4) is 5.75 Å². The highest BCUT2D eigenvalue weighted by atomic mass is 32.2. The molecule has 1 aromatic carbocycles. The van der Waals surface area contributed by atoms with Gasteiger partial charge < -0.3 is 19.6 Å². The molecule has 3 atom stereocenters. The number of benzene rings is 1. The van der Waals surface area contributed by atoms with Gasteiger partial charge in [-0.2, -0.15) is 0 Å². The molecule has 0 radical (unpaired) electrons. The number of fused-ring (bicyclic) bond motifs is 1. The summed E-state index contributed by atoms with van der Waals surface area (Å²) in [5, 5.41) is 12.4. The molecule has 0 saturated carbocycles. The SMILES string of the molecule is COc1ccc2nccc([C@H](CC[C@@H]3CCN(CCSc4ccccn4)C[C@@H]3CO)N(C)C)c2c1. The lowest BCUT2D eigenvalue weighted by molar-refractivity contribution is 0.0671. The van der Waals surface area contributed by atoms with E-state index < -0.39 is 0 Å². The quantitative estimate of drug-likeness (QED) is 0.386. The fourth-order valence-electron chi connectivity index (χ4n) is 5.29. The molecule has 0 spiro atoms. The van der Waals surface area contributed by atoms with E-state index in [4.69, 9.17) is 4.74 Å². The first-order chi connectivity index (χ1) is 17.1. The Bertz CT molecular complexity index is 1070. The second-order valence-electron chi connectivity index (χ2n) is 9.65. The van der Waals surface area contributed by atoms with Crippen molar-refractivity contribution >= 4 is 22.7 Å². The number of hydrogen-bond donors (Lipinski definition) is 1. The normalized spacial score (nSPS) is 19.8. The average Bonchev–Trinajstić information content (AvgIpc) is 2.89. The molecule has 3 heterocycles. The summed E-state index contributed by atoms with van der Waals surface area (Å²) in [6.07, 6.45) is 7.07. The van der Waals surface area contributed by atoms with Gasteiger partial charge in [-0.1, -0.05) is 6.07 Å². The molecule has 1 saturated heterocycles. The van der Waals surface area contributed by atoms with Crippen molar-refractivity contribution in [3.05, 3.63) is 60.4 Å². The van der Waals surface area contributed by atoms with E-state index in [0.717, 1.165) is 66.3 Å². The molecule has 4 rings (SSSR count). The van der Waals surface area contributed by atoms with Crippen molar-refractivity contribution in [1.82, 2.24) is 19.8 Å². The molecule has 0 bridgehead atoms. The highest BCUT2D eigenvalue weighted by Gasteiger charge is 2.30. The van der Waals surface area contributed by atoms with E-state index in [2.05, 4.69) is 52.1 Å². The van der Waals surface area contributed by atoms with Crippen LogP contribution < -0.4 is 4.74 Å². The van der Waals surface area contributed by atoms with Gasteiger partial charge in [0.1, 0.15) is 5.75 Å². The van der Waals surface area contributed by atoms with Crippen molar-refractivity contribution in [2.75, 3.05) is 53.2 Å². The van der Waals surface area contributed by atoms with Crippen LogP contribution in [0.4, 0.5) is 0 Å². The Morgan fingerprint density at radius 2 is 2.03 bits per heavy atom. The molecule has 0 amide bonds. The topological polar surface area (TPSA) is 61.7 Å². The number of likely N-dealkylation sites (tertiary alicyclic amines) is 1. The summed E-state index contributed by atoms with van der Waals surface area (Å²) >= 11 is 1.81. The van der Waals surface area contributed by atoms with E-state index in [-0.39, 0.29) is 6.61 Å². The van der Waals surface area contributed by atoms with E-state index >= 15 is 0 Å². The monoisotopic (exact) mass is 494 g/mol. The number of aliphatic hydroxyl groups excluding tert-OH is 1. The van der Waals surface area contributed by atoms with Gasteiger partial charge >= 0.3 is 0 Å². The smallest absolute Gasteiger partial charge is 0.119 e. The van der Waals surface area contributed by atoms with Crippen LogP contribution >= 0.6 is 11.8 Å². The lowest BCUT2D eigenvalue weighted by Gasteiger charge is -2.39. The van der Waals surface area contributed by atoms with Crippen LogP contribution in [0.2, 0.25) is 0 Å². The Morgan fingerprint density at radius 1 is 1.14 bits per heavy atom. The Kier molecular flexibility index (Phi) is 9.38. The van der Waals surface area contributed by atoms with E-state index in [9.17, 15) is 5.11 Å². The zero-order chi connectivity index (χ0) is 24.6. The molecule has 1 N–H and O–H groups in total. The molecule has 188 valence electrons. The summed E-state index contributed by atoms with van der Waals surface area (Å²) in [6, 6.07) is 14.6. The highest BCUT2D eigenvalue weighted by molar-refractivity contribution is 7.99. The predicted octanol–water partition coefficient (Wildman–Crippen LogP) is 4.74. The van der Waals surface area contributed by atoms with E-state index in [0.29, 0.717) is 17.9 Å². The maximum atomic E-state index is 10.2. The van der Waals surface area contributed by atoms with Gasteiger partial charge in [0.2, 0.25) is 0 Å². The average molecular weight is 495 g/mol. The fourth-order valence-corrected chi connectivity index (χ4v) is 6.15. The minimum atomic E-state index is 0.260. The zero-order valence-corrected chi connectivity index (χ0v) is 22.0. The molecule has 0 unspecified atom stereocenters. The molecule has 2 aromatic heterocycles. The fraction of sp³-hybridized carbons (Fsp3) is 0.500. The van der Waals surface area contributed by atoms with E-state index in [1.165, 1.54) is 5.56 Å². The molecular weight excluding hydrogens is 456 g/mol. The van der Waals surface area contributed by atoms with Crippen LogP contribution in [-0.4, -0.2) is 78.1 Å². The first-order valence-electron chi connectivity index (χ1n) is 12.5. The summed E-state index contributed by atoms with van der Waals surface area (Å²) in [4.78, 5) is 13.8. The van der Waals surface area contributed by atoms with Crippen LogP contribution in [0, 0.1) is 11.8 Å². The third-order valence-electron chi connectivity index (χ3n) is 7.28. The summed E-state index contributed by atoms with van der Waals surface area (Å²) in [5.74, 6) is 2.77. The molecular formula is C28H38N4O2S. The van der Waals surface area contributed by atoms with Gasteiger partial charge in [0.05, 0.1) is 17.7 Å². The number of ether oxygens (including phenoxy) is 1. The molecule has 3 aromatic rings. The van der Waals surface area contributed by atoms with E-state index in [1.54, 1.807) is 7.11 Å². The third-order valence-corrected chi connectivity index (χ3v) is 8.20. The van der Waals surface area contributed by atoms with Crippen LogP contribution in [0.15, 0.2) is 59.9 Å². The third kappa shape index (κ3) is 6.73. The largest absolute Gasteiger partial charge is 0.497 e. The van der Waals surface area contributed by atoms with Crippen LogP contribution in [0.3, 0.4) is 0 Å². The van der Waals surface area contributed by atoms with Crippen LogP contribution in [-0.2, 0) is 0 Å². The predicted molar refractivity (Wildman–Crippen MR) is 144 cm³/mol. The first kappa shape index (κ1) is 25.9. The Hall–Kier alpha value is -2.19. The Labute approximate surface area is 213 Å². The number of aromatic nitrogens is 2. The number of nitrogens with zero attached hydrogens (tertiary/aromatic N) is 4. The second-order valence-corrected chi connectivity index (χ2v) is 10.8. The number of thioether (sulfide) groups is 1. The number of piperidine rings is 1. The van der Waals surface area contributed by atoms with Crippen molar-refractivity contribution in [3.63, 3.8) is 0 Å². The number of methoxy groups -OCH3 is 1. The van der Waals surface area contributed by atoms with Crippen LogP contribution in [0.5, 0.6) is 5.75 Å². The van der Waals surface area contributed by atoms with Crippen molar-refractivity contribution in [2.45, 2.75) is 30.3 Å². The molecule has 6 nitrogen and oxygen atoms in total. The minimum absolute atomic E-state index is 0.260. The number of pyridine rings is 2. The summed E-state index contributed by atoms with van der Waals surface area (Å²) in [6.45, 7) is 3.38. The van der Waals surface area contributed by atoms with Crippen molar-refractivity contribution in [1.29, 1.82) is 0 Å². The summed E-state index contributed by atoms with van der Waals surface area (Å²) < 4.78 is 5.49. The van der Waals surface area contributed by atoms with Gasteiger partial charge in [0, 0.05) is 49.3 Å². The number of aliphatic hydroxyl groups is 1. The molecule has 1 aliphatic rings. The first-order valence-corrected chi connectivity index (χ1v) is 13.5. The van der Waals surface area contributed by atoms with Crippen LogP contribution in [0.1, 0.15) is 30.9 Å². The van der Waals surface area contributed by atoms with Gasteiger partial charge in [-0.15, -0.1) is 11.8 Å². The highest BCUT2D eigenvalue weighted by Crippen LogP contribution is 2.35. The maximum Gasteiger partial charge on any atom is 0.119 e. The Morgan fingerprint density at radius 3 is 2.77 bits per heavy atom. The lowest BCUT2D eigenvalue weighted by atomic mass is 9.81. The summed E-state index contributed by atoms with van der Waals surface area (Å²) in [5.41, 5.74) is 2.30. The van der Waals surface area contributed by atoms with Crippen molar-refractivity contribution in [2.24, 2.45) is 11.8 Å². The molecule has 0 aliphatic carbocycles. The van der Waals surface area contributed by atoms with Gasteiger partial charge in [0.15, 0.2) is 0 Å². The van der Waals surface area contributed by atoms with E-state index in [1.807, 2.05) is 48.4 Å². The lowest BCUT2D eigenvalue weighted by Crippen LogP contribution is -2.43. The van der Waals surface area contributed by atoms with Gasteiger partial charge in [-0.25, -0.2) is 4.98 Å². The van der Waals surface area contributed by atoms with Gasteiger partial charge in [-0.3, -0.25) is 4.98 Å². The molecule has 35 heavy (non-hydrogen) atoms. The number of hydrogen-bond acceptors (Lipinski definition) is 7. The van der Waals surface area contributed by atoms with Crippen LogP contribution in [0.25, 0.3) is 10.9 Å². The minimum Gasteiger partial charge on any atom is -0.497 e. The maximum absolute atomic E-state index is 10.2. The number of rotatable bonds is 11. The standard InChI is InChI=1S/C28H38N4O2S/c1-31(2)27(24-11-14-29-26-9-8-23(34-3)18-25(24)26)10-7-21-12-15-32(19-22(21)20-33)16-17-35-28-6-4-5-13-30-28/h4-6,8-9,11,13-14,18,21-22,27,33H,7,10,12,15-17,19-20H2,1-3H3/t21-,22-,27+/m1/s1. The molecule has 1 fully saturated rings. The second kappa shape index (κ2) is 12.7. The zero-order valence-electron chi connectivity index (χ0n) is 21.1. The Balaban J connectivity index is 1.36. The van der Waals surface area contributed by atoms with Gasteiger partial charge in [0.25, 0.3) is 0 Å². The summed E-state index contributed by atoms with van der Waals surface area (Å²) in [7, 11) is 6.02. The molecule has 1 aliphatic heterocycles.